The molecule has 3 aromatic rings. The quantitative estimate of drug-likeness (QED) is 0.774. The molecule has 2 aromatic carbocycles. The fourth-order valence-electron chi connectivity index (χ4n) is 2.56. The number of nitrogens with zero attached hydrogens (tertiary/aromatic N) is 2. The second-order valence-electron chi connectivity index (χ2n) is 5.66. The van der Waals surface area contributed by atoms with Crippen LogP contribution < -0.4 is 10.1 Å². The lowest BCUT2D eigenvalue weighted by molar-refractivity contribution is -0.115. The van der Waals surface area contributed by atoms with Crippen LogP contribution in [0, 0.1) is 12.7 Å². The number of methoxy groups -OCH3 is 1. The molecule has 0 aliphatic carbocycles. The number of ether oxygens (including phenoxy) is 1. The van der Waals surface area contributed by atoms with Gasteiger partial charge in [-0.2, -0.15) is 0 Å². The van der Waals surface area contributed by atoms with Crippen molar-refractivity contribution in [2.45, 2.75) is 13.3 Å². The van der Waals surface area contributed by atoms with Gasteiger partial charge in [0.2, 0.25) is 5.91 Å². The highest BCUT2D eigenvalue weighted by molar-refractivity contribution is 5.92. The number of aromatic nitrogens is 2. The summed E-state index contributed by atoms with van der Waals surface area (Å²) in [5.41, 5.74) is 2.95. The summed E-state index contributed by atoms with van der Waals surface area (Å²) in [7, 11) is 1.57. The van der Waals surface area contributed by atoms with Crippen LogP contribution >= 0.6 is 0 Å². The maximum absolute atomic E-state index is 13.2. The van der Waals surface area contributed by atoms with Crippen molar-refractivity contribution in [3.8, 4) is 11.4 Å². The van der Waals surface area contributed by atoms with Crippen molar-refractivity contribution < 1.29 is 13.9 Å². The molecule has 0 unspecified atom stereocenters. The van der Waals surface area contributed by atoms with E-state index in [1.807, 2.05) is 23.8 Å². The van der Waals surface area contributed by atoms with Gasteiger partial charge in [0.05, 0.1) is 31.2 Å². The number of carbonyl (C=O) groups is 1. The molecule has 1 heterocycles. The number of nitrogens with one attached hydrogen (secondary N) is 1. The van der Waals surface area contributed by atoms with E-state index in [0.29, 0.717) is 17.0 Å². The summed E-state index contributed by atoms with van der Waals surface area (Å²) in [4.78, 5) is 16.4. The molecule has 0 saturated heterocycles. The van der Waals surface area contributed by atoms with Gasteiger partial charge in [-0.15, -0.1) is 0 Å². The van der Waals surface area contributed by atoms with E-state index in [1.165, 1.54) is 12.1 Å². The second-order valence-corrected chi connectivity index (χ2v) is 5.66. The molecular weight excluding hydrogens is 321 g/mol. The minimum absolute atomic E-state index is 0.0997. The summed E-state index contributed by atoms with van der Waals surface area (Å²) >= 11 is 0. The Kier molecular flexibility index (Phi) is 4.79. The molecular formula is C19H18FN3O2. The van der Waals surface area contributed by atoms with E-state index >= 15 is 0 Å². The van der Waals surface area contributed by atoms with Gasteiger partial charge in [-0.1, -0.05) is 12.1 Å². The van der Waals surface area contributed by atoms with Crippen LogP contribution in [0.3, 0.4) is 0 Å². The number of hydrogen-bond acceptors (Lipinski definition) is 3. The van der Waals surface area contributed by atoms with Gasteiger partial charge in [0.25, 0.3) is 0 Å². The van der Waals surface area contributed by atoms with Crippen LogP contribution in [-0.2, 0) is 11.2 Å². The maximum Gasteiger partial charge on any atom is 0.228 e. The first-order chi connectivity index (χ1) is 12.0. The van der Waals surface area contributed by atoms with E-state index in [2.05, 4.69) is 10.3 Å². The van der Waals surface area contributed by atoms with E-state index < -0.39 is 0 Å². The van der Waals surface area contributed by atoms with Gasteiger partial charge in [0, 0.05) is 18.0 Å². The maximum atomic E-state index is 13.2. The topological polar surface area (TPSA) is 56.1 Å². The van der Waals surface area contributed by atoms with Gasteiger partial charge in [-0.05, 0) is 36.8 Å². The summed E-state index contributed by atoms with van der Waals surface area (Å²) in [6.45, 7) is 1.91. The van der Waals surface area contributed by atoms with Crippen LogP contribution in [0.2, 0.25) is 0 Å². The first-order valence-corrected chi connectivity index (χ1v) is 7.78. The van der Waals surface area contributed by atoms with Crippen molar-refractivity contribution in [3.05, 3.63) is 72.1 Å². The molecule has 1 N–H and O–H groups in total. The zero-order valence-electron chi connectivity index (χ0n) is 14.0. The van der Waals surface area contributed by atoms with E-state index in [1.54, 1.807) is 37.7 Å². The average molecular weight is 339 g/mol. The molecule has 0 saturated carbocycles. The molecule has 5 nitrogen and oxygen atoms in total. The fraction of sp³-hybridized carbons (Fsp3) is 0.158. The van der Waals surface area contributed by atoms with Crippen molar-refractivity contribution >= 4 is 11.6 Å². The third-order valence-corrected chi connectivity index (χ3v) is 3.71. The lowest BCUT2D eigenvalue weighted by atomic mass is 10.1. The number of imidazole rings is 1. The molecule has 3 rings (SSSR count). The molecule has 128 valence electrons. The van der Waals surface area contributed by atoms with Crippen molar-refractivity contribution in [1.82, 2.24) is 9.55 Å². The normalized spacial score (nSPS) is 10.5. The summed E-state index contributed by atoms with van der Waals surface area (Å²) in [6, 6.07) is 11.4. The molecule has 0 atom stereocenters. The largest absolute Gasteiger partial charge is 0.494 e. The molecule has 0 radical (unpaired) electrons. The smallest absolute Gasteiger partial charge is 0.228 e. The number of aryl methyl sites for hydroxylation is 1. The van der Waals surface area contributed by atoms with E-state index in [4.69, 9.17) is 4.74 Å². The highest BCUT2D eigenvalue weighted by Gasteiger charge is 2.10. The minimum atomic E-state index is -0.355. The Labute approximate surface area is 145 Å². The number of anilines is 1. The number of benzene rings is 2. The fourth-order valence-corrected chi connectivity index (χ4v) is 2.56. The van der Waals surface area contributed by atoms with Gasteiger partial charge in [0.1, 0.15) is 11.6 Å². The average Bonchev–Trinajstić information content (AvgIpc) is 3.01. The summed E-state index contributed by atoms with van der Waals surface area (Å²) in [6.07, 6.45) is 3.69. The van der Waals surface area contributed by atoms with Crippen LogP contribution in [0.4, 0.5) is 10.1 Å². The SMILES string of the molecule is COc1cc(NC(=O)Cc2cccc(F)c2)ccc1-n1cnc(C)c1. The Hall–Kier alpha value is -3.15. The van der Waals surface area contributed by atoms with Crippen molar-refractivity contribution in [2.24, 2.45) is 0 Å². The molecule has 0 spiro atoms. The van der Waals surface area contributed by atoms with Gasteiger partial charge in [0.15, 0.2) is 0 Å². The first-order valence-electron chi connectivity index (χ1n) is 7.78. The molecule has 6 heteroatoms. The zero-order chi connectivity index (χ0) is 17.8. The molecule has 0 aliphatic heterocycles. The second kappa shape index (κ2) is 7.17. The lowest BCUT2D eigenvalue weighted by Gasteiger charge is -2.12. The summed E-state index contributed by atoms with van der Waals surface area (Å²) < 4.78 is 20.5. The molecule has 25 heavy (non-hydrogen) atoms. The van der Waals surface area contributed by atoms with E-state index in [9.17, 15) is 9.18 Å². The Bertz CT molecular complexity index is 905. The van der Waals surface area contributed by atoms with Crippen molar-refractivity contribution in [1.29, 1.82) is 0 Å². The number of halogens is 1. The minimum Gasteiger partial charge on any atom is -0.494 e. The molecule has 1 amide bonds. The Morgan fingerprint density at radius 3 is 2.80 bits per heavy atom. The lowest BCUT2D eigenvalue weighted by Crippen LogP contribution is -2.14. The van der Waals surface area contributed by atoms with Crippen molar-refractivity contribution in [3.63, 3.8) is 0 Å². The van der Waals surface area contributed by atoms with Crippen LogP contribution in [0.15, 0.2) is 55.0 Å². The highest BCUT2D eigenvalue weighted by Crippen LogP contribution is 2.27. The van der Waals surface area contributed by atoms with Gasteiger partial charge in [-0.3, -0.25) is 4.79 Å². The third-order valence-electron chi connectivity index (χ3n) is 3.71. The number of amides is 1. The number of rotatable bonds is 5. The van der Waals surface area contributed by atoms with E-state index in [0.717, 1.165) is 11.4 Å². The summed E-state index contributed by atoms with van der Waals surface area (Å²) in [5.74, 6) is 0.0341. The predicted molar refractivity (Wildman–Crippen MR) is 93.6 cm³/mol. The Morgan fingerprint density at radius 2 is 2.12 bits per heavy atom. The molecule has 0 bridgehead atoms. The zero-order valence-corrected chi connectivity index (χ0v) is 14.0. The van der Waals surface area contributed by atoms with Crippen LogP contribution in [0.1, 0.15) is 11.3 Å². The van der Waals surface area contributed by atoms with Gasteiger partial charge < -0.3 is 14.6 Å². The molecule has 0 aliphatic rings. The Balaban J connectivity index is 1.75. The van der Waals surface area contributed by atoms with Crippen LogP contribution in [0.25, 0.3) is 5.69 Å². The molecule has 1 aromatic heterocycles. The van der Waals surface area contributed by atoms with Crippen LogP contribution in [0.5, 0.6) is 5.75 Å². The number of carbonyl (C=O) groups excluding carboxylic acids is 1. The van der Waals surface area contributed by atoms with Gasteiger partial charge in [-0.25, -0.2) is 9.37 Å². The first kappa shape index (κ1) is 16.7. The van der Waals surface area contributed by atoms with Gasteiger partial charge >= 0.3 is 0 Å². The molecule has 0 fully saturated rings. The number of hydrogen-bond donors (Lipinski definition) is 1. The standard InChI is InChI=1S/C19H18FN3O2/c1-13-11-23(12-21-13)17-7-6-16(10-18(17)25-2)22-19(24)9-14-4-3-5-15(20)8-14/h3-8,10-12H,9H2,1-2H3,(H,22,24). The monoisotopic (exact) mass is 339 g/mol. The van der Waals surface area contributed by atoms with E-state index in [-0.39, 0.29) is 18.1 Å². The third kappa shape index (κ3) is 4.03. The van der Waals surface area contributed by atoms with Crippen molar-refractivity contribution in [2.75, 3.05) is 12.4 Å². The Morgan fingerprint density at radius 1 is 1.28 bits per heavy atom. The highest BCUT2D eigenvalue weighted by atomic mass is 19.1. The summed E-state index contributed by atoms with van der Waals surface area (Å²) in [5, 5.41) is 2.80. The van der Waals surface area contributed by atoms with Crippen LogP contribution in [-0.4, -0.2) is 22.6 Å². The predicted octanol–water partition coefficient (Wildman–Crippen LogP) is 3.51.